The van der Waals surface area contributed by atoms with Crippen molar-refractivity contribution >= 4 is 57.6 Å². The summed E-state index contributed by atoms with van der Waals surface area (Å²) in [4.78, 5) is 27.4. The molecule has 0 bridgehead atoms. The average Bonchev–Trinajstić information content (AvgIpc) is 3.12. The predicted octanol–water partition coefficient (Wildman–Crippen LogP) is 5.82. The molecule has 3 aromatic rings. The lowest BCUT2D eigenvalue weighted by atomic mass is 10.1. The van der Waals surface area contributed by atoms with Crippen LogP contribution < -0.4 is 19.7 Å². The van der Waals surface area contributed by atoms with Crippen molar-refractivity contribution in [3.8, 4) is 11.5 Å². The van der Waals surface area contributed by atoms with Crippen molar-refractivity contribution in [2.75, 3.05) is 23.4 Å². The molecular formula is C27H24N2O4S2. The highest BCUT2D eigenvalue weighted by Crippen LogP contribution is 2.37. The number of nitrogens with zero attached hydrogens (tertiary/aromatic N) is 1. The summed E-state index contributed by atoms with van der Waals surface area (Å²) < 4.78 is 11.9. The van der Waals surface area contributed by atoms with E-state index >= 15 is 0 Å². The van der Waals surface area contributed by atoms with Crippen LogP contribution in [0.15, 0.2) is 77.7 Å². The summed E-state index contributed by atoms with van der Waals surface area (Å²) in [5, 5.41) is 2.82. The number of nitrogens with one attached hydrogen (secondary N) is 1. The Morgan fingerprint density at radius 1 is 1.03 bits per heavy atom. The Hall–Kier alpha value is -3.62. The first kappa shape index (κ1) is 24.5. The fraction of sp³-hybridized carbons (Fsp3) is 0.148. The first-order valence-corrected chi connectivity index (χ1v) is 12.3. The fourth-order valence-corrected chi connectivity index (χ4v) is 4.78. The number of thiocarbonyl (C=S) groups is 1. The molecule has 1 fully saturated rings. The van der Waals surface area contributed by atoms with Crippen LogP contribution in [0, 0.1) is 6.92 Å². The van der Waals surface area contributed by atoms with Crippen LogP contribution in [0.4, 0.5) is 11.4 Å². The molecule has 4 rings (SSSR count). The van der Waals surface area contributed by atoms with Crippen molar-refractivity contribution in [1.29, 1.82) is 0 Å². The smallest absolute Gasteiger partial charge is 0.270 e. The molecule has 0 unspecified atom stereocenters. The molecule has 0 saturated carbocycles. The van der Waals surface area contributed by atoms with Gasteiger partial charge in [-0.15, -0.1) is 0 Å². The number of para-hydroxylation sites is 1. The standard InChI is InChI=1S/C27H24N2O4S2/c1-3-32-23-15-19(16-24-26(31)29(27(34)35-24)21-10-5-4-6-11-21)12-13-22(23)33-17-25(30)28-20-9-7-8-18(2)14-20/h4-16H,3,17H2,1-2H3,(H,28,30)/b24-16+. The van der Waals surface area contributed by atoms with E-state index in [-0.39, 0.29) is 18.4 Å². The van der Waals surface area contributed by atoms with Crippen LogP contribution in [0.2, 0.25) is 0 Å². The minimum absolute atomic E-state index is 0.164. The molecule has 6 nitrogen and oxygen atoms in total. The molecule has 0 aromatic heterocycles. The minimum Gasteiger partial charge on any atom is -0.490 e. The van der Waals surface area contributed by atoms with Gasteiger partial charge in [-0.25, -0.2) is 0 Å². The quantitative estimate of drug-likeness (QED) is 0.308. The molecule has 178 valence electrons. The Bertz CT molecular complexity index is 1290. The Kier molecular flexibility index (Phi) is 7.84. The van der Waals surface area contributed by atoms with Crippen molar-refractivity contribution in [1.82, 2.24) is 0 Å². The third kappa shape index (κ3) is 6.09. The van der Waals surface area contributed by atoms with Crippen LogP contribution in [-0.2, 0) is 9.59 Å². The van der Waals surface area contributed by atoms with Crippen LogP contribution in [0.5, 0.6) is 11.5 Å². The van der Waals surface area contributed by atoms with Gasteiger partial charge < -0.3 is 14.8 Å². The molecule has 1 aliphatic heterocycles. The maximum atomic E-state index is 13.0. The molecular weight excluding hydrogens is 480 g/mol. The molecule has 3 aromatic carbocycles. The predicted molar refractivity (Wildman–Crippen MR) is 145 cm³/mol. The van der Waals surface area contributed by atoms with Crippen LogP contribution >= 0.6 is 24.0 Å². The van der Waals surface area contributed by atoms with Gasteiger partial charge in [0.05, 0.1) is 17.2 Å². The molecule has 8 heteroatoms. The number of amides is 2. The fourth-order valence-electron chi connectivity index (χ4n) is 3.48. The number of carbonyl (C=O) groups excluding carboxylic acids is 2. The van der Waals surface area contributed by atoms with Crippen LogP contribution in [0.25, 0.3) is 6.08 Å². The maximum Gasteiger partial charge on any atom is 0.270 e. The number of hydrogen-bond acceptors (Lipinski definition) is 6. The van der Waals surface area contributed by atoms with Gasteiger partial charge in [-0.2, -0.15) is 0 Å². The monoisotopic (exact) mass is 504 g/mol. The minimum atomic E-state index is -0.272. The average molecular weight is 505 g/mol. The van der Waals surface area contributed by atoms with Gasteiger partial charge in [0.2, 0.25) is 0 Å². The zero-order valence-electron chi connectivity index (χ0n) is 19.3. The number of rotatable bonds is 8. The summed E-state index contributed by atoms with van der Waals surface area (Å²) in [5.74, 6) is 0.493. The highest BCUT2D eigenvalue weighted by molar-refractivity contribution is 8.27. The number of carbonyl (C=O) groups is 2. The van der Waals surface area contributed by atoms with E-state index in [0.29, 0.717) is 33.0 Å². The van der Waals surface area contributed by atoms with E-state index in [9.17, 15) is 9.59 Å². The molecule has 1 saturated heterocycles. The van der Waals surface area contributed by atoms with E-state index in [2.05, 4.69) is 5.32 Å². The van der Waals surface area contributed by atoms with E-state index in [4.69, 9.17) is 21.7 Å². The van der Waals surface area contributed by atoms with Crippen molar-refractivity contribution in [2.45, 2.75) is 13.8 Å². The van der Waals surface area contributed by atoms with Gasteiger partial charge in [0.1, 0.15) is 0 Å². The maximum absolute atomic E-state index is 13.0. The molecule has 1 aliphatic rings. The van der Waals surface area contributed by atoms with E-state index in [1.807, 2.05) is 74.5 Å². The number of ether oxygens (including phenoxy) is 2. The molecule has 2 amide bonds. The Morgan fingerprint density at radius 3 is 2.57 bits per heavy atom. The summed E-state index contributed by atoms with van der Waals surface area (Å²) >= 11 is 6.69. The first-order valence-electron chi connectivity index (χ1n) is 11.0. The van der Waals surface area contributed by atoms with Gasteiger partial charge in [0, 0.05) is 5.69 Å². The molecule has 0 spiro atoms. The summed E-state index contributed by atoms with van der Waals surface area (Å²) in [6.07, 6.45) is 1.78. The SMILES string of the molecule is CCOc1cc(/C=C2/SC(=S)N(c3ccccc3)C2=O)ccc1OCC(=O)Nc1cccc(C)c1. The number of hydrogen-bond donors (Lipinski definition) is 1. The second kappa shape index (κ2) is 11.2. The summed E-state index contributed by atoms with van der Waals surface area (Å²) in [6.45, 7) is 4.09. The highest BCUT2D eigenvalue weighted by Gasteiger charge is 2.33. The lowest BCUT2D eigenvalue weighted by Crippen LogP contribution is -2.27. The third-order valence-corrected chi connectivity index (χ3v) is 6.34. The molecule has 0 atom stereocenters. The Morgan fingerprint density at radius 2 is 1.83 bits per heavy atom. The lowest BCUT2D eigenvalue weighted by molar-refractivity contribution is -0.118. The molecule has 35 heavy (non-hydrogen) atoms. The van der Waals surface area contributed by atoms with Gasteiger partial charge in [-0.1, -0.05) is 60.4 Å². The third-order valence-electron chi connectivity index (χ3n) is 5.03. The van der Waals surface area contributed by atoms with Gasteiger partial charge in [-0.3, -0.25) is 14.5 Å². The Balaban J connectivity index is 1.47. The first-order chi connectivity index (χ1) is 16.9. The number of anilines is 2. The lowest BCUT2D eigenvalue weighted by Gasteiger charge is -2.14. The van der Waals surface area contributed by atoms with E-state index in [1.54, 1.807) is 18.2 Å². The number of thioether (sulfide) groups is 1. The van der Waals surface area contributed by atoms with E-state index in [1.165, 1.54) is 16.7 Å². The number of benzene rings is 3. The summed E-state index contributed by atoms with van der Waals surface area (Å²) in [5.41, 5.74) is 3.27. The van der Waals surface area contributed by atoms with Crippen LogP contribution in [0.3, 0.4) is 0 Å². The van der Waals surface area contributed by atoms with E-state index in [0.717, 1.165) is 16.8 Å². The number of aryl methyl sites for hydroxylation is 1. The summed E-state index contributed by atoms with van der Waals surface area (Å²) in [6, 6.07) is 22.2. The van der Waals surface area contributed by atoms with Crippen LogP contribution in [-0.4, -0.2) is 29.3 Å². The molecule has 1 heterocycles. The van der Waals surface area contributed by atoms with E-state index < -0.39 is 0 Å². The zero-order chi connectivity index (χ0) is 24.8. The topological polar surface area (TPSA) is 67.9 Å². The molecule has 0 aliphatic carbocycles. The highest BCUT2D eigenvalue weighted by atomic mass is 32.2. The second-order valence-electron chi connectivity index (χ2n) is 7.70. The van der Waals surface area contributed by atoms with Gasteiger partial charge in [0.25, 0.3) is 11.8 Å². The zero-order valence-corrected chi connectivity index (χ0v) is 20.9. The largest absolute Gasteiger partial charge is 0.490 e. The molecule has 1 N–H and O–H groups in total. The molecule has 0 radical (unpaired) electrons. The van der Waals surface area contributed by atoms with Gasteiger partial charge >= 0.3 is 0 Å². The normalized spacial score (nSPS) is 14.3. The van der Waals surface area contributed by atoms with Crippen molar-refractivity contribution in [3.05, 3.63) is 88.8 Å². The van der Waals surface area contributed by atoms with Gasteiger partial charge in [0.15, 0.2) is 22.4 Å². The Labute approximate surface area is 213 Å². The summed E-state index contributed by atoms with van der Waals surface area (Å²) in [7, 11) is 0. The van der Waals surface area contributed by atoms with Crippen molar-refractivity contribution < 1.29 is 19.1 Å². The second-order valence-corrected chi connectivity index (χ2v) is 9.37. The van der Waals surface area contributed by atoms with Crippen LogP contribution in [0.1, 0.15) is 18.1 Å². The van der Waals surface area contributed by atoms with Gasteiger partial charge in [-0.05, 0) is 67.4 Å². The van der Waals surface area contributed by atoms with Crippen molar-refractivity contribution in [2.24, 2.45) is 0 Å². The van der Waals surface area contributed by atoms with Crippen molar-refractivity contribution in [3.63, 3.8) is 0 Å².